The number of esters is 1. The summed E-state index contributed by atoms with van der Waals surface area (Å²) >= 11 is 1.23. The molecule has 150 valence electrons. The van der Waals surface area contributed by atoms with E-state index in [0.717, 1.165) is 11.3 Å². The average molecular weight is 411 g/mol. The molecule has 1 aromatic heterocycles. The largest absolute Gasteiger partial charge is 0.497 e. The molecule has 0 aliphatic carbocycles. The van der Waals surface area contributed by atoms with Gasteiger partial charge < -0.3 is 14.2 Å². The van der Waals surface area contributed by atoms with Crippen LogP contribution in [0.15, 0.2) is 48.5 Å². The van der Waals surface area contributed by atoms with Crippen molar-refractivity contribution in [2.75, 3.05) is 20.3 Å². The summed E-state index contributed by atoms with van der Waals surface area (Å²) in [7, 11) is 1.60. The van der Waals surface area contributed by atoms with Gasteiger partial charge in [-0.1, -0.05) is 0 Å². The fourth-order valence-electron chi connectivity index (χ4n) is 2.63. The van der Waals surface area contributed by atoms with Crippen LogP contribution in [0.1, 0.15) is 32.6 Å². The van der Waals surface area contributed by atoms with Crippen molar-refractivity contribution < 1.29 is 23.8 Å². The molecule has 0 atom stereocenters. The Hall–Kier alpha value is -3.19. The molecule has 29 heavy (non-hydrogen) atoms. The number of hydrogen-bond acceptors (Lipinski definition) is 7. The highest BCUT2D eigenvalue weighted by Crippen LogP contribution is 2.29. The molecule has 0 aliphatic rings. The van der Waals surface area contributed by atoms with E-state index in [0.29, 0.717) is 33.5 Å². The number of aryl methyl sites for hydroxylation is 1. The van der Waals surface area contributed by atoms with E-state index in [9.17, 15) is 9.59 Å². The minimum Gasteiger partial charge on any atom is -0.497 e. The second-order valence-electron chi connectivity index (χ2n) is 6.12. The molecule has 0 saturated carbocycles. The number of carbonyl (C=O) groups is 2. The lowest BCUT2D eigenvalue weighted by atomic mass is 10.1. The van der Waals surface area contributed by atoms with E-state index >= 15 is 0 Å². The molecule has 0 spiro atoms. The van der Waals surface area contributed by atoms with E-state index in [2.05, 4.69) is 4.98 Å². The van der Waals surface area contributed by atoms with Gasteiger partial charge >= 0.3 is 5.97 Å². The van der Waals surface area contributed by atoms with Gasteiger partial charge in [-0.05, 0) is 62.4 Å². The Kier molecular flexibility index (Phi) is 6.61. The van der Waals surface area contributed by atoms with Crippen LogP contribution < -0.4 is 9.47 Å². The Balaban J connectivity index is 1.64. The van der Waals surface area contributed by atoms with E-state index < -0.39 is 5.97 Å². The lowest BCUT2D eigenvalue weighted by Gasteiger charge is -2.05. The average Bonchev–Trinajstić information content (AvgIpc) is 3.14. The fourth-order valence-corrected chi connectivity index (χ4v) is 3.59. The highest BCUT2D eigenvalue weighted by Gasteiger charge is 2.19. The summed E-state index contributed by atoms with van der Waals surface area (Å²) in [6, 6.07) is 14.2. The highest BCUT2D eigenvalue weighted by molar-refractivity contribution is 7.17. The number of nitrogens with zero attached hydrogens (tertiary/aromatic N) is 1. The number of carbonyl (C=O) groups excluding carboxylic acids is 2. The lowest BCUT2D eigenvalue weighted by molar-refractivity contribution is 0.0478. The number of rotatable bonds is 8. The van der Waals surface area contributed by atoms with E-state index in [4.69, 9.17) is 14.2 Å². The van der Waals surface area contributed by atoms with Crippen molar-refractivity contribution in [1.82, 2.24) is 4.98 Å². The number of aromatic nitrogens is 1. The predicted molar refractivity (Wildman–Crippen MR) is 111 cm³/mol. The molecule has 0 radical (unpaired) electrons. The SMILES string of the molecule is CCOc1ccc(C(=O)COC(=O)c2sc(-c3ccc(OC)cc3)nc2C)cc1. The Morgan fingerprint density at radius 3 is 2.28 bits per heavy atom. The third kappa shape index (κ3) is 5.00. The van der Waals surface area contributed by atoms with Gasteiger partial charge in [0.25, 0.3) is 0 Å². The zero-order chi connectivity index (χ0) is 20.8. The number of thiazole rings is 1. The van der Waals surface area contributed by atoms with Crippen LogP contribution in [-0.2, 0) is 4.74 Å². The normalized spacial score (nSPS) is 10.4. The van der Waals surface area contributed by atoms with Gasteiger partial charge in [0.1, 0.15) is 21.4 Å². The maximum atomic E-state index is 12.4. The van der Waals surface area contributed by atoms with Gasteiger partial charge in [-0.2, -0.15) is 0 Å². The van der Waals surface area contributed by atoms with E-state index in [1.807, 2.05) is 31.2 Å². The summed E-state index contributed by atoms with van der Waals surface area (Å²) < 4.78 is 15.7. The predicted octanol–water partition coefficient (Wildman–Crippen LogP) is 4.57. The maximum Gasteiger partial charge on any atom is 0.350 e. The molecular weight excluding hydrogens is 390 g/mol. The maximum absolute atomic E-state index is 12.4. The van der Waals surface area contributed by atoms with Crippen LogP contribution in [0.2, 0.25) is 0 Å². The minimum absolute atomic E-state index is 0.279. The van der Waals surface area contributed by atoms with Crippen LogP contribution in [0, 0.1) is 6.92 Å². The van der Waals surface area contributed by atoms with Crippen molar-refractivity contribution in [3.05, 3.63) is 64.7 Å². The van der Waals surface area contributed by atoms with Crippen molar-refractivity contribution in [3.63, 3.8) is 0 Å². The monoisotopic (exact) mass is 411 g/mol. The van der Waals surface area contributed by atoms with Crippen LogP contribution in [0.25, 0.3) is 10.6 Å². The Bertz CT molecular complexity index is 993. The highest BCUT2D eigenvalue weighted by atomic mass is 32.1. The number of ether oxygens (including phenoxy) is 3. The van der Waals surface area contributed by atoms with Crippen molar-refractivity contribution in [2.24, 2.45) is 0 Å². The second-order valence-corrected chi connectivity index (χ2v) is 7.12. The number of benzene rings is 2. The molecule has 0 N–H and O–H groups in total. The number of Topliss-reactive ketones (excluding diaryl/α,β-unsaturated/α-hetero) is 1. The van der Waals surface area contributed by atoms with Crippen LogP contribution in [-0.4, -0.2) is 37.1 Å². The van der Waals surface area contributed by atoms with Crippen molar-refractivity contribution in [1.29, 1.82) is 0 Å². The molecule has 3 aromatic rings. The van der Waals surface area contributed by atoms with Gasteiger partial charge in [0.05, 0.1) is 19.4 Å². The van der Waals surface area contributed by atoms with E-state index in [1.165, 1.54) is 11.3 Å². The molecule has 2 aromatic carbocycles. The molecule has 0 unspecified atom stereocenters. The minimum atomic E-state index is -0.556. The van der Waals surface area contributed by atoms with E-state index in [1.54, 1.807) is 38.3 Å². The standard InChI is InChI=1S/C22H21NO5S/c1-4-27-18-11-5-15(6-12-18)19(24)13-28-22(25)20-14(2)23-21(29-20)16-7-9-17(26-3)10-8-16/h5-12H,4,13H2,1-3H3. The number of ketones is 1. The molecule has 3 rings (SSSR count). The fraction of sp³-hybridized carbons (Fsp3) is 0.227. The zero-order valence-corrected chi connectivity index (χ0v) is 17.2. The molecule has 0 fully saturated rings. The first-order valence-corrected chi connectivity index (χ1v) is 9.88. The van der Waals surface area contributed by atoms with Crippen LogP contribution in [0.5, 0.6) is 11.5 Å². The Morgan fingerprint density at radius 2 is 1.66 bits per heavy atom. The van der Waals surface area contributed by atoms with Gasteiger partial charge in [0, 0.05) is 11.1 Å². The third-order valence-corrected chi connectivity index (χ3v) is 5.33. The van der Waals surface area contributed by atoms with Gasteiger partial charge in [-0.15, -0.1) is 11.3 Å². The molecular formula is C22H21NO5S. The zero-order valence-electron chi connectivity index (χ0n) is 16.4. The quantitative estimate of drug-likeness (QED) is 0.399. The van der Waals surface area contributed by atoms with Crippen molar-refractivity contribution in [3.8, 4) is 22.1 Å². The summed E-state index contributed by atoms with van der Waals surface area (Å²) in [6.07, 6.45) is 0. The van der Waals surface area contributed by atoms with Gasteiger partial charge in [0.15, 0.2) is 12.4 Å². The Morgan fingerprint density at radius 1 is 1.00 bits per heavy atom. The summed E-state index contributed by atoms with van der Waals surface area (Å²) in [5.41, 5.74) is 1.91. The lowest BCUT2D eigenvalue weighted by Crippen LogP contribution is -2.14. The molecule has 1 heterocycles. The molecule has 0 bridgehead atoms. The summed E-state index contributed by atoms with van der Waals surface area (Å²) in [6.45, 7) is 3.86. The number of hydrogen-bond donors (Lipinski definition) is 0. The molecule has 0 saturated heterocycles. The van der Waals surface area contributed by atoms with Crippen molar-refractivity contribution in [2.45, 2.75) is 13.8 Å². The summed E-state index contributed by atoms with van der Waals surface area (Å²) in [4.78, 5) is 29.6. The second kappa shape index (κ2) is 9.34. The first-order valence-electron chi connectivity index (χ1n) is 9.07. The van der Waals surface area contributed by atoms with Crippen LogP contribution >= 0.6 is 11.3 Å². The Labute approximate surface area is 173 Å². The first-order chi connectivity index (χ1) is 14.0. The first kappa shape index (κ1) is 20.5. The molecule has 6 nitrogen and oxygen atoms in total. The van der Waals surface area contributed by atoms with Crippen molar-refractivity contribution >= 4 is 23.1 Å². The third-order valence-electron chi connectivity index (χ3n) is 4.14. The summed E-state index contributed by atoms with van der Waals surface area (Å²) in [5, 5.41) is 0.704. The smallest absolute Gasteiger partial charge is 0.350 e. The number of methoxy groups -OCH3 is 1. The van der Waals surface area contributed by atoms with Gasteiger partial charge in [0.2, 0.25) is 0 Å². The molecule has 7 heteroatoms. The molecule has 0 aliphatic heterocycles. The van der Waals surface area contributed by atoms with Crippen LogP contribution in [0.3, 0.4) is 0 Å². The van der Waals surface area contributed by atoms with Gasteiger partial charge in [-0.3, -0.25) is 4.79 Å². The van der Waals surface area contributed by atoms with E-state index in [-0.39, 0.29) is 12.4 Å². The molecule has 0 amide bonds. The van der Waals surface area contributed by atoms with Gasteiger partial charge in [-0.25, -0.2) is 9.78 Å². The summed E-state index contributed by atoms with van der Waals surface area (Å²) in [5.74, 6) is 0.597. The van der Waals surface area contributed by atoms with Crippen LogP contribution in [0.4, 0.5) is 0 Å². The topological polar surface area (TPSA) is 74.7 Å².